The normalized spacial score (nSPS) is 16.7. The van der Waals surface area contributed by atoms with Crippen LogP contribution in [0.1, 0.15) is 40.7 Å². The van der Waals surface area contributed by atoms with Crippen LogP contribution >= 0.6 is 0 Å². The zero-order chi connectivity index (χ0) is 18.6. The Kier molecular flexibility index (Phi) is 5.10. The Balaban J connectivity index is 1.62. The average Bonchev–Trinajstić information content (AvgIpc) is 3.11. The van der Waals surface area contributed by atoms with Crippen LogP contribution in [-0.2, 0) is 6.42 Å². The van der Waals surface area contributed by atoms with Crippen LogP contribution in [0.15, 0.2) is 66.4 Å². The van der Waals surface area contributed by atoms with Crippen LogP contribution in [-0.4, -0.2) is 30.9 Å². The summed E-state index contributed by atoms with van der Waals surface area (Å²) in [5.74, 6) is 0.780. The maximum Gasteiger partial charge on any atom is 0.185 e. The van der Waals surface area contributed by atoms with E-state index in [0.717, 1.165) is 25.3 Å². The number of hydrogen-bond donors (Lipinski definition) is 0. The number of nitrogens with zero attached hydrogens (tertiary/aromatic N) is 1. The SMILES string of the molecule is COc1ccc(C(=O)/C=C\C2=C(N3CCCCC3)Cc3ccccc32)cc1. The summed E-state index contributed by atoms with van der Waals surface area (Å²) >= 11 is 0. The molecular weight excluding hydrogens is 334 g/mol. The molecule has 2 aliphatic rings. The molecule has 0 radical (unpaired) electrons. The van der Waals surface area contributed by atoms with Gasteiger partial charge in [-0.15, -0.1) is 0 Å². The number of fused-ring (bicyclic) bond motifs is 1. The minimum absolute atomic E-state index is 0.0209. The first-order valence-corrected chi connectivity index (χ1v) is 9.69. The van der Waals surface area contributed by atoms with Crippen molar-refractivity contribution in [3.8, 4) is 5.75 Å². The number of piperidine rings is 1. The standard InChI is InChI=1S/C24H25NO2/c1-27-20-11-9-18(10-12-20)24(26)14-13-22-21-8-4-3-7-19(21)17-23(22)25-15-5-2-6-16-25/h3-4,7-14H,2,5-6,15-17H2,1H3/b14-13-. The molecule has 0 bridgehead atoms. The van der Waals surface area contributed by atoms with Crippen LogP contribution in [0, 0.1) is 0 Å². The Labute approximate surface area is 161 Å². The third-order valence-electron chi connectivity index (χ3n) is 5.49. The second-order valence-electron chi connectivity index (χ2n) is 7.17. The molecule has 0 saturated carbocycles. The molecule has 2 aromatic rings. The van der Waals surface area contributed by atoms with Crippen molar-refractivity contribution in [2.75, 3.05) is 20.2 Å². The number of ketones is 1. The van der Waals surface area contributed by atoms with Gasteiger partial charge in [-0.25, -0.2) is 0 Å². The van der Waals surface area contributed by atoms with Crippen LogP contribution in [0.2, 0.25) is 0 Å². The highest BCUT2D eigenvalue weighted by Gasteiger charge is 2.24. The molecule has 1 fully saturated rings. The van der Waals surface area contributed by atoms with Crippen molar-refractivity contribution in [2.24, 2.45) is 0 Å². The number of allylic oxidation sites excluding steroid dienone is 4. The number of carbonyl (C=O) groups is 1. The highest BCUT2D eigenvalue weighted by Crippen LogP contribution is 2.36. The topological polar surface area (TPSA) is 29.5 Å². The van der Waals surface area contributed by atoms with Crippen molar-refractivity contribution in [3.63, 3.8) is 0 Å². The molecule has 27 heavy (non-hydrogen) atoms. The fraction of sp³-hybridized carbons (Fsp3) is 0.292. The number of methoxy groups -OCH3 is 1. The second kappa shape index (κ2) is 7.83. The van der Waals surface area contributed by atoms with Gasteiger partial charge in [-0.1, -0.05) is 24.3 Å². The Morgan fingerprint density at radius 2 is 1.74 bits per heavy atom. The third-order valence-corrected chi connectivity index (χ3v) is 5.49. The lowest BCUT2D eigenvalue weighted by atomic mass is 10.0. The summed E-state index contributed by atoms with van der Waals surface area (Å²) in [5, 5.41) is 0. The van der Waals surface area contributed by atoms with Gasteiger partial charge in [0, 0.05) is 36.3 Å². The number of likely N-dealkylation sites (tertiary alicyclic amines) is 1. The molecule has 3 heteroatoms. The van der Waals surface area contributed by atoms with E-state index in [9.17, 15) is 4.79 Å². The van der Waals surface area contributed by atoms with Crippen LogP contribution in [0.3, 0.4) is 0 Å². The van der Waals surface area contributed by atoms with Gasteiger partial charge in [-0.3, -0.25) is 4.79 Å². The summed E-state index contributed by atoms with van der Waals surface area (Å²) in [5.41, 5.74) is 5.87. The molecular formula is C24H25NO2. The van der Waals surface area contributed by atoms with E-state index >= 15 is 0 Å². The molecule has 3 nitrogen and oxygen atoms in total. The summed E-state index contributed by atoms with van der Waals surface area (Å²) in [7, 11) is 1.63. The first-order valence-electron chi connectivity index (χ1n) is 9.69. The smallest absolute Gasteiger partial charge is 0.185 e. The van der Waals surface area contributed by atoms with Gasteiger partial charge < -0.3 is 9.64 Å². The van der Waals surface area contributed by atoms with Crippen LogP contribution in [0.25, 0.3) is 5.57 Å². The lowest BCUT2D eigenvalue weighted by Gasteiger charge is -2.30. The molecule has 0 amide bonds. The van der Waals surface area contributed by atoms with Gasteiger partial charge in [0.05, 0.1) is 7.11 Å². The zero-order valence-electron chi connectivity index (χ0n) is 15.8. The fourth-order valence-corrected chi connectivity index (χ4v) is 4.01. The van der Waals surface area contributed by atoms with Crippen LogP contribution < -0.4 is 4.74 Å². The van der Waals surface area contributed by atoms with Gasteiger partial charge >= 0.3 is 0 Å². The van der Waals surface area contributed by atoms with Crippen LogP contribution in [0.5, 0.6) is 5.75 Å². The molecule has 1 aliphatic carbocycles. The number of hydrogen-bond acceptors (Lipinski definition) is 3. The minimum Gasteiger partial charge on any atom is -0.497 e. The minimum atomic E-state index is 0.0209. The first kappa shape index (κ1) is 17.6. The maximum absolute atomic E-state index is 12.6. The van der Waals surface area contributed by atoms with Crippen molar-refractivity contribution < 1.29 is 9.53 Å². The number of carbonyl (C=O) groups excluding carboxylic acids is 1. The van der Waals surface area contributed by atoms with E-state index in [0.29, 0.717) is 5.56 Å². The van der Waals surface area contributed by atoms with E-state index in [2.05, 4.69) is 29.2 Å². The molecule has 0 aromatic heterocycles. The maximum atomic E-state index is 12.6. The Morgan fingerprint density at radius 3 is 2.48 bits per heavy atom. The number of ether oxygens (including phenoxy) is 1. The number of benzene rings is 2. The van der Waals surface area contributed by atoms with Crippen LogP contribution in [0.4, 0.5) is 0 Å². The zero-order valence-corrected chi connectivity index (χ0v) is 15.8. The highest BCUT2D eigenvalue weighted by atomic mass is 16.5. The van der Waals surface area contributed by atoms with Gasteiger partial charge in [0.25, 0.3) is 0 Å². The quantitative estimate of drug-likeness (QED) is 0.562. The third kappa shape index (κ3) is 3.68. The summed E-state index contributed by atoms with van der Waals surface area (Å²) in [6.07, 6.45) is 8.51. The van der Waals surface area contributed by atoms with Crippen molar-refractivity contribution in [2.45, 2.75) is 25.7 Å². The van der Waals surface area contributed by atoms with Gasteiger partial charge in [0.15, 0.2) is 5.78 Å². The van der Waals surface area contributed by atoms with E-state index in [1.807, 2.05) is 30.3 Å². The molecule has 0 atom stereocenters. The molecule has 2 aromatic carbocycles. The van der Waals surface area contributed by atoms with Gasteiger partial charge in [-0.2, -0.15) is 0 Å². The average molecular weight is 359 g/mol. The van der Waals surface area contributed by atoms with Crippen molar-refractivity contribution in [1.29, 1.82) is 0 Å². The molecule has 138 valence electrons. The van der Waals surface area contributed by atoms with Gasteiger partial charge in [-0.05, 0) is 66.8 Å². The summed E-state index contributed by atoms with van der Waals surface area (Å²) in [6.45, 7) is 2.24. The van der Waals surface area contributed by atoms with E-state index in [1.165, 1.54) is 41.7 Å². The Hall–Kier alpha value is -2.81. The van der Waals surface area contributed by atoms with Crippen molar-refractivity contribution in [1.82, 2.24) is 4.90 Å². The molecule has 0 spiro atoms. The highest BCUT2D eigenvalue weighted by molar-refractivity contribution is 6.06. The van der Waals surface area contributed by atoms with E-state index in [4.69, 9.17) is 4.74 Å². The summed E-state index contributed by atoms with van der Waals surface area (Å²) < 4.78 is 5.17. The van der Waals surface area contributed by atoms with Gasteiger partial charge in [0.1, 0.15) is 5.75 Å². The van der Waals surface area contributed by atoms with Crippen molar-refractivity contribution in [3.05, 3.63) is 83.1 Å². The molecule has 0 unspecified atom stereocenters. The lowest BCUT2D eigenvalue weighted by molar-refractivity contribution is 0.104. The lowest BCUT2D eigenvalue weighted by Crippen LogP contribution is -2.29. The fourth-order valence-electron chi connectivity index (χ4n) is 4.01. The summed E-state index contributed by atoms with van der Waals surface area (Å²) in [4.78, 5) is 15.1. The van der Waals surface area contributed by atoms with Crippen molar-refractivity contribution >= 4 is 11.4 Å². The monoisotopic (exact) mass is 359 g/mol. The Bertz CT molecular complexity index is 887. The first-order chi connectivity index (χ1) is 13.3. The molecule has 1 heterocycles. The molecule has 4 rings (SSSR count). The number of rotatable bonds is 5. The predicted octanol–water partition coefficient (Wildman–Crippen LogP) is 4.89. The predicted molar refractivity (Wildman–Crippen MR) is 109 cm³/mol. The van der Waals surface area contributed by atoms with E-state index in [-0.39, 0.29) is 5.78 Å². The van der Waals surface area contributed by atoms with E-state index in [1.54, 1.807) is 13.2 Å². The van der Waals surface area contributed by atoms with Gasteiger partial charge in [0.2, 0.25) is 0 Å². The molecule has 0 N–H and O–H groups in total. The Morgan fingerprint density at radius 1 is 1.00 bits per heavy atom. The summed E-state index contributed by atoms with van der Waals surface area (Å²) in [6, 6.07) is 15.8. The molecule has 1 saturated heterocycles. The largest absolute Gasteiger partial charge is 0.497 e. The second-order valence-corrected chi connectivity index (χ2v) is 7.17. The molecule has 1 aliphatic heterocycles. The van der Waals surface area contributed by atoms with E-state index < -0.39 is 0 Å².